The fraction of sp³-hybridized carbons (Fsp3) is 0.533. The van der Waals surface area contributed by atoms with Crippen molar-refractivity contribution in [1.29, 1.82) is 0 Å². The zero-order chi connectivity index (χ0) is 13.0. The molecule has 3 aliphatic rings. The topological polar surface area (TPSA) is 29.5 Å². The lowest BCUT2D eigenvalue weighted by atomic mass is 9.89. The van der Waals surface area contributed by atoms with E-state index in [4.69, 9.17) is 4.74 Å². The molecular formula is C15H16FNO2. The van der Waals surface area contributed by atoms with Crippen molar-refractivity contribution in [2.24, 2.45) is 0 Å². The van der Waals surface area contributed by atoms with Gasteiger partial charge in [0.15, 0.2) is 5.78 Å². The van der Waals surface area contributed by atoms with E-state index in [0.717, 1.165) is 19.5 Å². The van der Waals surface area contributed by atoms with Crippen molar-refractivity contribution in [2.45, 2.75) is 37.3 Å². The first kappa shape index (κ1) is 11.4. The molecule has 1 saturated carbocycles. The molecule has 0 radical (unpaired) electrons. The van der Waals surface area contributed by atoms with Gasteiger partial charge in [0.25, 0.3) is 0 Å². The Morgan fingerprint density at radius 3 is 3.00 bits per heavy atom. The molecule has 4 heteroatoms. The van der Waals surface area contributed by atoms with Crippen molar-refractivity contribution in [3.05, 3.63) is 29.6 Å². The van der Waals surface area contributed by atoms with Crippen molar-refractivity contribution >= 4 is 5.78 Å². The number of ether oxygens (including phenoxy) is 1. The number of carbonyl (C=O) groups excluding carboxylic acids is 1. The van der Waals surface area contributed by atoms with Crippen molar-refractivity contribution in [2.75, 3.05) is 13.1 Å². The summed E-state index contributed by atoms with van der Waals surface area (Å²) in [6, 6.07) is 4.94. The molecule has 0 amide bonds. The first-order valence-electron chi connectivity index (χ1n) is 6.91. The Balaban J connectivity index is 1.64. The van der Waals surface area contributed by atoms with Gasteiger partial charge in [-0.15, -0.1) is 0 Å². The van der Waals surface area contributed by atoms with Gasteiger partial charge in [-0.05, 0) is 31.0 Å². The molecule has 1 atom stereocenters. The summed E-state index contributed by atoms with van der Waals surface area (Å²) in [5, 5.41) is 0. The monoisotopic (exact) mass is 261 g/mol. The van der Waals surface area contributed by atoms with Crippen LogP contribution in [0.4, 0.5) is 4.39 Å². The molecule has 0 bridgehead atoms. The van der Waals surface area contributed by atoms with Crippen molar-refractivity contribution in [1.82, 2.24) is 4.90 Å². The van der Waals surface area contributed by atoms with E-state index in [0.29, 0.717) is 23.8 Å². The Morgan fingerprint density at radius 1 is 1.37 bits per heavy atom. The fourth-order valence-electron chi connectivity index (χ4n) is 3.32. The summed E-state index contributed by atoms with van der Waals surface area (Å²) < 4.78 is 19.3. The van der Waals surface area contributed by atoms with E-state index >= 15 is 0 Å². The minimum absolute atomic E-state index is 0.0124. The normalized spacial score (nSPS) is 30.5. The van der Waals surface area contributed by atoms with Crippen LogP contribution in [0.25, 0.3) is 0 Å². The highest BCUT2D eigenvalue weighted by atomic mass is 19.1. The summed E-state index contributed by atoms with van der Waals surface area (Å²) in [4.78, 5) is 14.7. The predicted molar refractivity (Wildman–Crippen MR) is 67.9 cm³/mol. The summed E-state index contributed by atoms with van der Waals surface area (Å²) in [6.07, 6.45) is 3.82. The molecule has 100 valence electrons. The highest BCUT2D eigenvalue weighted by molar-refractivity contribution is 6.00. The maximum atomic E-state index is 13.2. The molecule has 0 N–H and O–H groups in total. The second-order valence-electron chi connectivity index (χ2n) is 5.98. The van der Waals surface area contributed by atoms with Crippen LogP contribution in [-0.2, 0) is 0 Å². The molecular weight excluding hydrogens is 245 g/mol. The average molecular weight is 261 g/mol. The fourth-order valence-corrected chi connectivity index (χ4v) is 3.32. The van der Waals surface area contributed by atoms with Gasteiger partial charge in [0.1, 0.15) is 17.2 Å². The third-order valence-electron chi connectivity index (χ3n) is 4.46. The number of likely N-dealkylation sites (tertiary alicyclic amines) is 1. The SMILES string of the molecule is O=C1CC2(CCN(C3CC3)C2)Oc2ccc(F)cc21. The van der Waals surface area contributed by atoms with Gasteiger partial charge in [-0.2, -0.15) is 0 Å². The molecule has 1 saturated heterocycles. The summed E-state index contributed by atoms with van der Waals surface area (Å²) in [7, 11) is 0. The average Bonchev–Trinajstić information content (AvgIpc) is 3.15. The summed E-state index contributed by atoms with van der Waals surface area (Å²) in [5.41, 5.74) is 0.0281. The molecule has 1 unspecified atom stereocenters. The maximum Gasteiger partial charge on any atom is 0.170 e. The Morgan fingerprint density at radius 2 is 2.21 bits per heavy atom. The molecule has 2 aliphatic heterocycles. The van der Waals surface area contributed by atoms with Crippen LogP contribution < -0.4 is 4.74 Å². The first-order valence-corrected chi connectivity index (χ1v) is 6.91. The van der Waals surface area contributed by atoms with Gasteiger partial charge in [-0.1, -0.05) is 0 Å². The van der Waals surface area contributed by atoms with E-state index in [1.165, 1.54) is 25.0 Å². The van der Waals surface area contributed by atoms with Crippen molar-refractivity contribution in [3.63, 3.8) is 0 Å². The van der Waals surface area contributed by atoms with E-state index in [1.54, 1.807) is 6.07 Å². The Labute approximate surface area is 111 Å². The number of carbonyl (C=O) groups is 1. The minimum Gasteiger partial charge on any atom is -0.485 e. The van der Waals surface area contributed by atoms with Crippen LogP contribution in [0.2, 0.25) is 0 Å². The second-order valence-corrected chi connectivity index (χ2v) is 5.98. The lowest BCUT2D eigenvalue weighted by Gasteiger charge is -2.34. The highest BCUT2D eigenvalue weighted by Gasteiger charge is 2.48. The largest absolute Gasteiger partial charge is 0.485 e. The van der Waals surface area contributed by atoms with Crippen LogP contribution in [-0.4, -0.2) is 35.4 Å². The number of benzene rings is 1. The van der Waals surface area contributed by atoms with E-state index in [2.05, 4.69) is 4.90 Å². The van der Waals surface area contributed by atoms with Gasteiger partial charge >= 0.3 is 0 Å². The molecule has 1 aromatic carbocycles. The third-order valence-corrected chi connectivity index (χ3v) is 4.46. The van der Waals surface area contributed by atoms with Crippen LogP contribution >= 0.6 is 0 Å². The lowest BCUT2D eigenvalue weighted by molar-refractivity contribution is 0.0453. The number of hydrogen-bond acceptors (Lipinski definition) is 3. The lowest BCUT2D eigenvalue weighted by Crippen LogP contribution is -2.44. The molecule has 19 heavy (non-hydrogen) atoms. The van der Waals surface area contributed by atoms with E-state index in [-0.39, 0.29) is 17.2 Å². The molecule has 0 aromatic heterocycles. The van der Waals surface area contributed by atoms with Crippen molar-refractivity contribution in [3.8, 4) is 5.75 Å². The molecule has 2 heterocycles. The maximum absolute atomic E-state index is 13.2. The van der Waals surface area contributed by atoms with Crippen LogP contribution in [0.1, 0.15) is 36.0 Å². The van der Waals surface area contributed by atoms with Crippen LogP contribution in [0.3, 0.4) is 0 Å². The van der Waals surface area contributed by atoms with Crippen LogP contribution in [0, 0.1) is 5.82 Å². The number of fused-ring (bicyclic) bond motifs is 1. The summed E-state index contributed by atoms with van der Waals surface area (Å²) in [5.74, 6) is 0.186. The molecule has 4 rings (SSSR count). The van der Waals surface area contributed by atoms with Gasteiger partial charge in [-0.3, -0.25) is 9.69 Å². The van der Waals surface area contributed by atoms with Gasteiger partial charge in [0.2, 0.25) is 0 Å². The Kier molecular flexibility index (Phi) is 2.28. The van der Waals surface area contributed by atoms with Gasteiger partial charge in [0.05, 0.1) is 12.0 Å². The zero-order valence-corrected chi connectivity index (χ0v) is 10.7. The number of ketones is 1. The van der Waals surface area contributed by atoms with Gasteiger partial charge in [0, 0.05) is 25.6 Å². The minimum atomic E-state index is -0.377. The van der Waals surface area contributed by atoms with Crippen LogP contribution in [0.5, 0.6) is 5.75 Å². The molecule has 1 spiro atoms. The molecule has 2 fully saturated rings. The van der Waals surface area contributed by atoms with Crippen LogP contribution in [0.15, 0.2) is 18.2 Å². The molecule has 1 aromatic rings. The van der Waals surface area contributed by atoms with E-state index in [9.17, 15) is 9.18 Å². The first-order chi connectivity index (χ1) is 9.15. The highest BCUT2D eigenvalue weighted by Crippen LogP contribution is 2.41. The Bertz CT molecular complexity index is 555. The number of Topliss-reactive ketones (excluding diaryl/α,β-unsaturated/α-hetero) is 1. The number of halogens is 1. The number of nitrogens with zero attached hydrogens (tertiary/aromatic N) is 1. The predicted octanol–water partition coefficient (Wildman–Crippen LogP) is 2.40. The molecule has 3 nitrogen and oxygen atoms in total. The third kappa shape index (κ3) is 1.86. The number of rotatable bonds is 1. The van der Waals surface area contributed by atoms with E-state index in [1.807, 2.05) is 0 Å². The Hall–Kier alpha value is -1.42. The summed E-state index contributed by atoms with van der Waals surface area (Å²) >= 11 is 0. The summed E-state index contributed by atoms with van der Waals surface area (Å²) in [6.45, 7) is 1.84. The molecule has 1 aliphatic carbocycles. The van der Waals surface area contributed by atoms with Gasteiger partial charge < -0.3 is 4.74 Å². The standard InChI is InChI=1S/C15H16FNO2/c16-10-1-4-14-12(7-10)13(18)8-15(19-14)5-6-17(9-15)11-2-3-11/h1,4,7,11H,2-3,5-6,8-9H2. The zero-order valence-electron chi connectivity index (χ0n) is 10.7. The van der Waals surface area contributed by atoms with Gasteiger partial charge in [-0.25, -0.2) is 4.39 Å². The second kappa shape index (κ2) is 3.79. The number of hydrogen-bond donors (Lipinski definition) is 0. The van der Waals surface area contributed by atoms with E-state index < -0.39 is 0 Å². The quantitative estimate of drug-likeness (QED) is 0.777. The smallest absolute Gasteiger partial charge is 0.170 e. The van der Waals surface area contributed by atoms with Crippen molar-refractivity contribution < 1.29 is 13.9 Å².